The van der Waals surface area contributed by atoms with Crippen molar-refractivity contribution >= 4 is 17.7 Å². The second-order valence-electron chi connectivity index (χ2n) is 8.09. The van der Waals surface area contributed by atoms with E-state index in [0.717, 1.165) is 24.7 Å². The first-order chi connectivity index (χ1) is 12.8. The van der Waals surface area contributed by atoms with Crippen molar-refractivity contribution in [2.45, 2.75) is 44.9 Å². The zero-order valence-corrected chi connectivity index (χ0v) is 16.9. The molecule has 1 N–H and O–H groups in total. The molecule has 0 bridgehead atoms. The van der Waals surface area contributed by atoms with Crippen molar-refractivity contribution in [1.29, 1.82) is 0 Å². The molecule has 2 aromatic rings. The van der Waals surface area contributed by atoms with E-state index in [1.807, 2.05) is 51.1 Å². The summed E-state index contributed by atoms with van der Waals surface area (Å²) in [5.74, 6) is 0.193. The monoisotopic (exact) mass is 386 g/mol. The van der Waals surface area contributed by atoms with Crippen molar-refractivity contribution in [3.63, 3.8) is 0 Å². The summed E-state index contributed by atoms with van der Waals surface area (Å²) in [5, 5.41) is 3.80. The maximum absolute atomic E-state index is 12.3. The standard InChI is InChI=1S/C22H27ClN2O2/c1-22(2,3)27-21(26)24-20-15-25(13-16-7-5-4-6-8-16)14-19(20)17-9-11-18(23)12-10-17/h4-12,19-20H,13-15H2,1-3H3,(H,24,26)/t19-,20+/m1/s1. The molecule has 0 radical (unpaired) electrons. The molecule has 0 spiro atoms. The van der Waals surface area contributed by atoms with E-state index in [2.05, 4.69) is 34.5 Å². The van der Waals surface area contributed by atoms with Gasteiger partial charge in [0.15, 0.2) is 0 Å². The predicted molar refractivity (Wildman–Crippen MR) is 109 cm³/mol. The fourth-order valence-corrected chi connectivity index (χ4v) is 3.63. The Morgan fingerprint density at radius 1 is 1.11 bits per heavy atom. The van der Waals surface area contributed by atoms with Crippen LogP contribution in [0.4, 0.5) is 4.79 Å². The van der Waals surface area contributed by atoms with Crippen LogP contribution < -0.4 is 5.32 Å². The van der Waals surface area contributed by atoms with E-state index in [9.17, 15) is 4.79 Å². The summed E-state index contributed by atoms with van der Waals surface area (Å²) >= 11 is 6.05. The molecule has 1 saturated heterocycles. The minimum absolute atomic E-state index is 0.00950. The summed E-state index contributed by atoms with van der Waals surface area (Å²) in [6.07, 6.45) is -0.368. The smallest absolute Gasteiger partial charge is 0.407 e. The lowest BCUT2D eigenvalue weighted by Crippen LogP contribution is -2.42. The number of hydrogen-bond donors (Lipinski definition) is 1. The van der Waals surface area contributed by atoms with E-state index >= 15 is 0 Å². The second-order valence-corrected chi connectivity index (χ2v) is 8.53. The van der Waals surface area contributed by atoms with Gasteiger partial charge in [-0.25, -0.2) is 4.79 Å². The van der Waals surface area contributed by atoms with E-state index in [4.69, 9.17) is 16.3 Å². The minimum Gasteiger partial charge on any atom is -0.444 e. The van der Waals surface area contributed by atoms with Gasteiger partial charge in [-0.2, -0.15) is 0 Å². The van der Waals surface area contributed by atoms with E-state index < -0.39 is 5.60 Å². The SMILES string of the molecule is CC(C)(C)OC(=O)N[C@H]1CN(Cc2ccccc2)C[C@@H]1c1ccc(Cl)cc1. The van der Waals surface area contributed by atoms with Crippen molar-refractivity contribution in [2.75, 3.05) is 13.1 Å². The number of nitrogens with zero attached hydrogens (tertiary/aromatic N) is 1. The third kappa shape index (κ3) is 5.72. The molecular formula is C22H27ClN2O2. The van der Waals surface area contributed by atoms with Gasteiger partial charge in [0.05, 0.1) is 6.04 Å². The summed E-state index contributed by atoms with van der Waals surface area (Å²) in [6.45, 7) is 8.13. The number of carbonyl (C=O) groups is 1. The molecule has 3 rings (SSSR count). The Kier molecular flexibility index (Phi) is 6.08. The molecule has 0 aromatic heterocycles. The molecule has 1 aliphatic heterocycles. The quantitative estimate of drug-likeness (QED) is 0.818. The fraction of sp³-hybridized carbons (Fsp3) is 0.409. The topological polar surface area (TPSA) is 41.6 Å². The highest BCUT2D eigenvalue weighted by molar-refractivity contribution is 6.30. The van der Waals surface area contributed by atoms with Crippen LogP contribution in [0.1, 0.15) is 37.8 Å². The van der Waals surface area contributed by atoms with Crippen LogP contribution in [0.5, 0.6) is 0 Å². The van der Waals surface area contributed by atoms with Crippen LogP contribution in [0, 0.1) is 0 Å². The van der Waals surface area contributed by atoms with Crippen LogP contribution in [0.25, 0.3) is 0 Å². The number of hydrogen-bond acceptors (Lipinski definition) is 3. The Hall–Kier alpha value is -2.04. The number of alkyl carbamates (subject to hydrolysis) is 1. The molecule has 0 aliphatic carbocycles. The largest absolute Gasteiger partial charge is 0.444 e. The van der Waals surface area contributed by atoms with Crippen LogP contribution in [0.15, 0.2) is 54.6 Å². The van der Waals surface area contributed by atoms with Gasteiger partial charge in [-0.1, -0.05) is 54.1 Å². The fourth-order valence-electron chi connectivity index (χ4n) is 3.51. The average molecular weight is 387 g/mol. The first-order valence-corrected chi connectivity index (χ1v) is 9.69. The predicted octanol–water partition coefficient (Wildman–Crippen LogP) is 4.83. The third-order valence-electron chi connectivity index (χ3n) is 4.64. The van der Waals surface area contributed by atoms with Crippen LogP contribution in [0.3, 0.4) is 0 Å². The summed E-state index contributed by atoms with van der Waals surface area (Å²) in [4.78, 5) is 14.7. The molecular weight excluding hydrogens is 360 g/mol. The third-order valence-corrected chi connectivity index (χ3v) is 4.90. The van der Waals surface area contributed by atoms with Crippen LogP contribution in [-0.2, 0) is 11.3 Å². The molecule has 2 aromatic carbocycles. The van der Waals surface area contributed by atoms with Crippen molar-refractivity contribution < 1.29 is 9.53 Å². The molecule has 1 aliphatic rings. The van der Waals surface area contributed by atoms with Gasteiger partial charge in [-0.15, -0.1) is 0 Å². The Balaban J connectivity index is 1.74. The van der Waals surface area contributed by atoms with Crippen LogP contribution >= 0.6 is 11.6 Å². The van der Waals surface area contributed by atoms with Gasteiger partial charge in [-0.05, 0) is 44.0 Å². The lowest BCUT2D eigenvalue weighted by Gasteiger charge is -2.24. The first kappa shape index (κ1) is 19.7. The lowest BCUT2D eigenvalue weighted by molar-refractivity contribution is 0.0502. The number of likely N-dealkylation sites (tertiary alicyclic amines) is 1. The highest BCUT2D eigenvalue weighted by Crippen LogP contribution is 2.30. The summed E-state index contributed by atoms with van der Waals surface area (Å²) in [6, 6.07) is 18.3. The van der Waals surface area contributed by atoms with Gasteiger partial charge in [0.2, 0.25) is 0 Å². The number of nitrogens with one attached hydrogen (secondary N) is 1. The molecule has 1 fully saturated rings. The van der Waals surface area contributed by atoms with E-state index in [0.29, 0.717) is 0 Å². The number of ether oxygens (including phenoxy) is 1. The van der Waals surface area contributed by atoms with Crippen LogP contribution in [-0.4, -0.2) is 35.7 Å². The molecule has 0 unspecified atom stereocenters. The van der Waals surface area contributed by atoms with Crippen LogP contribution in [0.2, 0.25) is 5.02 Å². The first-order valence-electron chi connectivity index (χ1n) is 9.31. The number of carbonyl (C=O) groups excluding carboxylic acids is 1. The molecule has 0 saturated carbocycles. The molecule has 27 heavy (non-hydrogen) atoms. The van der Waals surface area contributed by atoms with E-state index in [1.54, 1.807) is 0 Å². The van der Waals surface area contributed by atoms with E-state index in [-0.39, 0.29) is 18.1 Å². The Labute approximate surface area is 166 Å². The Morgan fingerprint density at radius 3 is 2.41 bits per heavy atom. The lowest BCUT2D eigenvalue weighted by atomic mass is 9.94. The van der Waals surface area contributed by atoms with Gasteiger partial charge in [0, 0.05) is 30.6 Å². The van der Waals surface area contributed by atoms with Gasteiger partial charge < -0.3 is 10.1 Å². The Morgan fingerprint density at radius 2 is 1.78 bits per heavy atom. The van der Waals surface area contributed by atoms with Crippen molar-refractivity contribution in [1.82, 2.24) is 10.2 Å². The maximum Gasteiger partial charge on any atom is 0.407 e. The zero-order valence-electron chi connectivity index (χ0n) is 16.1. The number of rotatable bonds is 4. The summed E-state index contributed by atoms with van der Waals surface area (Å²) < 4.78 is 5.47. The average Bonchev–Trinajstić information content (AvgIpc) is 2.97. The Bertz CT molecular complexity index is 756. The van der Waals surface area contributed by atoms with Gasteiger partial charge in [0.1, 0.15) is 5.60 Å². The van der Waals surface area contributed by atoms with Gasteiger partial charge in [-0.3, -0.25) is 4.90 Å². The molecule has 1 heterocycles. The molecule has 1 amide bonds. The molecule has 2 atom stereocenters. The highest BCUT2D eigenvalue weighted by atomic mass is 35.5. The van der Waals surface area contributed by atoms with Gasteiger partial charge in [0.25, 0.3) is 0 Å². The normalized spacial score (nSPS) is 20.4. The summed E-state index contributed by atoms with van der Waals surface area (Å²) in [5.41, 5.74) is 1.93. The second kappa shape index (κ2) is 8.32. The maximum atomic E-state index is 12.3. The van der Waals surface area contributed by atoms with Crippen molar-refractivity contribution in [2.24, 2.45) is 0 Å². The minimum atomic E-state index is -0.512. The molecule has 144 valence electrons. The van der Waals surface area contributed by atoms with E-state index in [1.165, 1.54) is 11.1 Å². The molecule has 5 heteroatoms. The number of halogens is 1. The molecule has 4 nitrogen and oxygen atoms in total. The van der Waals surface area contributed by atoms with Crippen molar-refractivity contribution in [3.8, 4) is 0 Å². The number of benzene rings is 2. The zero-order chi connectivity index (χ0) is 19.4. The number of amides is 1. The van der Waals surface area contributed by atoms with Gasteiger partial charge >= 0.3 is 6.09 Å². The summed E-state index contributed by atoms with van der Waals surface area (Å²) in [7, 11) is 0. The highest BCUT2D eigenvalue weighted by Gasteiger charge is 2.35. The van der Waals surface area contributed by atoms with Crippen molar-refractivity contribution in [3.05, 3.63) is 70.7 Å².